The van der Waals surface area contributed by atoms with Crippen molar-refractivity contribution in [1.29, 1.82) is 0 Å². The summed E-state index contributed by atoms with van der Waals surface area (Å²) in [4.78, 5) is 9.45. The van der Waals surface area contributed by atoms with Gasteiger partial charge in [0.25, 0.3) is 0 Å². The Morgan fingerprint density at radius 2 is 1.78 bits per heavy atom. The number of piperidine rings is 1. The van der Waals surface area contributed by atoms with Crippen LogP contribution in [0.1, 0.15) is 35.8 Å². The van der Waals surface area contributed by atoms with Crippen LogP contribution in [0.5, 0.6) is 0 Å². The molecule has 0 saturated carbocycles. The number of hydrogen-bond acceptors (Lipinski definition) is 4. The van der Waals surface area contributed by atoms with Crippen LogP contribution in [0, 0.1) is 20.8 Å². The highest BCUT2D eigenvalue weighted by molar-refractivity contribution is 7.89. The molecule has 1 aliphatic rings. The zero-order chi connectivity index (χ0) is 19.2. The monoisotopic (exact) mass is 384 g/mol. The highest BCUT2D eigenvalue weighted by Gasteiger charge is 2.31. The third kappa shape index (κ3) is 3.15. The van der Waals surface area contributed by atoms with Crippen LogP contribution in [0.4, 0.5) is 0 Å². The Morgan fingerprint density at radius 3 is 2.48 bits per heavy atom. The van der Waals surface area contributed by atoms with Crippen molar-refractivity contribution in [2.24, 2.45) is 0 Å². The Morgan fingerprint density at radius 1 is 1.04 bits per heavy atom. The second-order valence-electron chi connectivity index (χ2n) is 7.26. The molecule has 1 fully saturated rings. The number of fused-ring (bicyclic) bond motifs is 1. The molecule has 0 N–H and O–H groups in total. The predicted octanol–water partition coefficient (Wildman–Crippen LogP) is 3.38. The van der Waals surface area contributed by atoms with Crippen LogP contribution in [0.3, 0.4) is 0 Å². The summed E-state index contributed by atoms with van der Waals surface area (Å²) < 4.78 is 29.8. The first-order chi connectivity index (χ1) is 12.9. The molecule has 0 aliphatic carbocycles. The minimum absolute atomic E-state index is 0.219. The lowest BCUT2D eigenvalue weighted by molar-refractivity contribution is 0.274. The number of aryl methyl sites for hydroxylation is 3. The lowest BCUT2D eigenvalue weighted by Crippen LogP contribution is -2.39. The molecule has 1 saturated heterocycles. The van der Waals surface area contributed by atoms with Gasteiger partial charge in [0, 0.05) is 25.3 Å². The van der Waals surface area contributed by atoms with Crippen molar-refractivity contribution in [3.05, 3.63) is 53.5 Å². The molecule has 1 aliphatic heterocycles. The van der Waals surface area contributed by atoms with E-state index >= 15 is 0 Å². The van der Waals surface area contributed by atoms with E-state index in [0.717, 1.165) is 41.0 Å². The van der Waals surface area contributed by atoms with Crippen LogP contribution in [0.15, 0.2) is 41.4 Å². The van der Waals surface area contributed by atoms with Gasteiger partial charge in [-0.3, -0.25) is 0 Å². The van der Waals surface area contributed by atoms with Crippen molar-refractivity contribution in [3.8, 4) is 0 Å². The topological polar surface area (TPSA) is 68.1 Å². The highest BCUT2D eigenvalue weighted by atomic mass is 32.2. The average molecular weight is 385 g/mol. The van der Waals surface area contributed by atoms with Crippen molar-refractivity contribution >= 4 is 21.2 Å². The van der Waals surface area contributed by atoms with Crippen molar-refractivity contribution in [2.75, 3.05) is 13.1 Å². The largest absolute Gasteiger partial charge is 0.310 e. The van der Waals surface area contributed by atoms with Crippen LogP contribution in [0.25, 0.3) is 11.2 Å². The number of hydrogen-bond donors (Lipinski definition) is 0. The summed E-state index contributed by atoms with van der Waals surface area (Å²) in [5.41, 5.74) is 3.87. The molecule has 0 unspecified atom stereocenters. The number of aromatic nitrogens is 3. The van der Waals surface area contributed by atoms with E-state index in [4.69, 9.17) is 0 Å². The molecule has 0 amide bonds. The molecule has 0 atom stereocenters. The molecule has 6 nitrogen and oxygen atoms in total. The lowest BCUT2D eigenvalue weighted by atomic mass is 10.1. The molecule has 142 valence electrons. The molecule has 4 rings (SSSR count). The maximum atomic E-state index is 13.0. The van der Waals surface area contributed by atoms with E-state index < -0.39 is 10.0 Å². The molecular formula is C20H24N4O2S. The van der Waals surface area contributed by atoms with Gasteiger partial charge in [0.15, 0.2) is 5.65 Å². The standard InChI is InChI=1S/C20H24N4O2S/c1-14-6-7-18(13-15(14)2)27(25,26)23-11-8-17(9-12-23)24-16(3)22-19-5-4-10-21-20(19)24/h4-7,10,13,17H,8-9,11-12H2,1-3H3. The highest BCUT2D eigenvalue weighted by Crippen LogP contribution is 2.30. The van der Waals surface area contributed by atoms with E-state index in [2.05, 4.69) is 14.5 Å². The fraction of sp³-hybridized carbons (Fsp3) is 0.400. The van der Waals surface area contributed by atoms with Gasteiger partial charge >= 0.3 is 0 Å². The SMILES string of the molecule is Cc1ccc(S(=O)(=O)N2CCC(n3c(C)nc4cccnc43)CC2)cc1C. The summed E-state index contributed by atoms with van der Waals surface area (Å²) in [6.07, 6.45) is 3.29. The van der Waals surface area contributed by atoms with Crippen molar-refractivity contribution < 1.29 is 8.42 Å². The number of imidazole rings is 1. The van der Waals surface area contributed by atoms with E-state index in [0.29, 0.717) is 18.0 Å². The number of pyridine rings is 1. The Labute approximate surface area is 159 Å². The first kappa shape index (κ1) is 18.1. The van der Waals surface area contributed by atoms with Crippen LogP contribution in [-0.2, 0) is 10.0 Å². The zero-order valence-electron chi connectivity index (χ0n) is 15.9. The van der Waals surface area contributed by atoms with Crippen molar-refractivity contribution in [2.45, 2.75) is 44.6 Å². The van der Waals surface area contributed by atoms with Gasteiger partial charge in [-0.2, -0.15) is 4.31 Å². The van der Waals surface area contributed by atoms with E-state index in [-0.39, 0.29) is 6.04 Å². The van der Waals surface area contributed by atoms with Crippen molar-refractivity contribution in [1.82, 2.24) is 18.8 Å². The minimum Gasteiger partial charge on any atom is -0.310 e. The third-order valence-electron chi connectivity index (χ3n) is 5.53. The maximum absolute atomic E-state index is 13.0. The van der Waals surface area contributed by atoms with Gasteiger partial charge in [-0.1, -0.05) is 6.07 Å². The number of benzene rings is 1. The molecule has 7 heteroatoms. The summed E-state index contributed by atoms with van der Waals surface area (Å²) in [7, 11) is -3.45. The molecule has 0 spiro atoms. The van der Waals surface area contributed by atoms with E-state index in [1.165, 1.54) is 0 Å². The van der Waals surface area contributed by atoms with Gasteiger partial charge in [-0.25, -0.2) is 18.4 Å². The van der Waals surface area contributed by atoms with Gasteiger partial charge in [0.05, 0.1) is 4.90 Å². The summed E-state index contributed by atoms with van der Waals surface area (Å²) in [6, 6.07) is 9.43. The molecular weight excluding hydrogens is 360 g/mol. The smallest absolute Gasteiger partial charge is 0.243 e. The summed E-state index contributed by atoms with van der Waals surface area (Å²) in [5.74, 6) is 0.930. The van der Waals surface area contributed by atoms with Gasteiger partial charge in [0.1, 0.15) is 11.3 Å². The quantitative estimate of drug-likeness (QED) is 0.694. The Balaban J connectivity index is 1.56. The minimum atomic E-state index is -3.45. The first-order valence-corrected chi connectivity index (χ1v) is 10.7. The maximum Gasteiger partial charge on any atom is 0.243 e. The van der Waals surface area contributed by atoms with Gasteiger partial charge in [0.2, 0.25) is 10.0 Å². The molecule has 0 bridgehead atoms. The summed E-state index contributed by atoms with van der Waals surface area (Å²) in [6.45, 7) is 6.93. The molecule has 1 aromatic carbocycles. The van der Waals surface area contributed by atoms with Crippen LogP contribution in [0.2, 0.25) is 0 Å². The Kier molecular flexibility index (Phi) is 4.52. The fourth-order valence-electron chi connectivity index (χ4n) is 3.84. The number of rotatable bonds is 3. The molecule has 3 heterocycles. The van der Waals surface area contributed by atoms with Crippen LogP contribution < -0.4 is 0 Å². The van der Waals surface area contributed by atoms with E-state index in [9.17, 15) is 8.42 Å². The van der Waals surface area contributed by atoms with Gasteiger partial charge in [-0.05, 0) is 69.0 Å². The van der Waals surface area contributed by atoms with Gasteiger partial charge < -0.3 is 4.57 Å². The Hall–Kier alpha value is -2.25. The Bertz CT molecular complexity index is 1100. The summed E-state index contributed by atoms with van der Waals surface area (Å²) in [5, 5.41) is 0. The second-order valence-corrected chi connectivity index (χ2v) is 9.19. The summed E-state index contributed by atoms with van der Waals surface area (Å²) >= 11 is 0. The first-order valence-electron chi connectivity index (χ1n) is 9.25. The number of nitrogens with zero attached hydrogens (tertiary/aromatic N) is 4. The normalized spacial score (nSPS) is 16.9. The zero-order valence-corrected chi connectivity index (χ0v) is 16.7. The molecule has 0 radical (unpaired) electrons. The average Bonchev–Trinajstić information content (AvgIpc) is 2.99. The van der Waals surface area contributed by atoms with Crippen LogP contribution >= 0.6 is 0 Å². The van der Waals surface area contributed by atoms with Gasteiger partial charge in [-0.15, -0.1) is 0 Å². The van der Waals surface area contributed by atoms with Crippen LogP contribution in [-0.4, -0.2) is 40.3 Å². The van der Waals surface area contributed by atoms with Crippen molar-refractivity contribution in [3.63, 3.8) is 0 Å². The van der Waals surface area contributed by atoms with E-state index in [1.54, 1.807) is 22.6 Å². The molecule has 2 aromatic heterocycles. The number of sulfonamides is 1. The fourth-order valence-corrected chi connectivity index (χ4v) is 5.40. The third-order valence-corrected chi connectivity index (χ3v) is 7.42. The lowest BCUT2D eigenvalue weighted by Gasteiger charge is -2.32. The second kappa shape index (κ2) is 6.73. The molecule has 27 heavy (non-hydrogen) atoms. The predicted molar refractivity (Wildman–Crippen MR) is 105 cm³/mol. The molecule has 3 aromatic rings. The van der Waals surface area contributed by atoms with E-state index in [1.807, 2.05) is 39.0 Å².